The first-order valence-corrected chi connectivity index (χ1v) is 10.5. The maximum atomic E-state index is 13.0. The Hall–Kier alpha value is -2.43. The Balaban J connectivity index is 1.50. The van der Waals surface area contributed by atoms with Gasteiger partial charge in [-0.25, -0.2) is 0 Å². The monoisotopic (exact) mass is 397 g/mol. The van der Waals surface area contributed by atoms with Crippen LogP contribution in [-0.4, -0.2) is 89.8 Å². The maximum Gasteiger partial charge on any atom is 0.239 e. The van der Waals surface area contributed by atoms with Crippen LogP contribution in [0.25, 0.3) is 0 Å². The lowest BCUT2D eigenvalue weighted by Crippen LogP contribution is -2.55. The Bertz CT molecular complexity index is 749. The summed E-state index contributed by atoms with van der Waals surface area (Å²) < 4.78 is 0. The number of amides is 2. The van der Waals surface area contributed by atoms with E-state index in [1.165, 1.54) is 5.56 Å². The van der Waals surface area contributed by atoms with Crippen LogP contribution in [0.3, 0.4) is 0 Å². The number of nitrogens with zero attached hydrogens (tertiary/aromatic N) is 5. The Kier molecular flexibility index (Phi) is 7.24. The highest BCUT2D eigenvalue weighted by Gasteiger charge is 2.30. The number of hydrogen-bond acceptors (Lipinski definition) is 5. The van der Waals surface area contributed by atoms with Gasteiger partial charge in [0.05, 0.1) is 17.7 Å². The summed E-state index contributed by atoms with van der Waals surface area (Å²) in [5, 5.41) is 8.93. The number of piperazine rings is 1. The van der Waals surface area contributed by atoms with Crippen LogP contribution in [-0.2, 0) is 16.1 Å². The van der Waals surface area contributed by atoms with Gasteiger partial charge in [0.1, 0.15) is 0 Å². The third-order valence-corrected chi connectivity index (χ3v) is 6.05. The van der Waals surface area contributed by atoms with Crippen molar-refractivity contribution in [2.75, 3.05) is 52.4 Å². The molecule has 2 aliphatic rings. The van der Waals surface area contributed by atoms with Gasteiger partial charge in [-0.3, -0.25) is 19.4 Å². The van der Waals surface area contributed by atoms with Crippen molar-refractivity contribution in [1.82, 2.24) is 19.6 Å². The van der Waals surface area contributed by atoms with Crippen LogP contribution in [0.5, 0.6) is 0 Å². The maximum absolute atomic E-state index is 13.0. The average molecular weight is 398 g/mol. The summed E-state index contributed by atoms with van der Waals surface area (Å²) in [6.45, 7) is 10.7. The minimum atomic E-state index is -0.131. The summed E-state index contributed by atoms with van der Waals surface area (Å²) in [7, 11) is 0. The number of hydrogen-bond donors (Lipinski definition) is 0. The molecule has 0 aliphatic carbocycles. The molecule has 0 saturated carbocycles. The van der Waals surface area contributed by atoms with Gasteiger partial charge < -0.3 is 9.80 Å². The molecular formula is C22H31N5O2. The van der Waals surface area contributed by atoms with Crippen molar-refractivity contribution in [3.63, 3.8) is 0 Å². The largest absolute Gasteiger partial charge is 0.339 e. The van der Waals surface area contributed by atoms with Crippen LogP contribution in [0, 0.1) is 11.3 Å². The summed E-state index contributed by atoms with van der Waals surface area (Å²) >= 11 is 0. The topological polar surface area (TPSA) is 70.9 Å². The molecule has 3 rings (SSSR count). The van der Waals surface area contributed by atoms with Gasteiger partial charge in [0.25, 0.3) is 0 Å². The molecule has 29 heavy (non-hydrogen) atoms. The van der Waals surface area contributed by atoms with Crippen molar-refractivity contribution in [2.24, 2.45) is 0 Å². The van der Waals surface area contributed by atoms with Crippen molar-refractivity contribution in [3.05, 3.63) is 35.4 Å². The smallest absolute Gasteiger partial charge is 0.239 e. The van der Waals surface area contributed by atoms with Gasteiger partial charge in [0.15, 0.2) is 0 Å². The number of rotatable bonds is 4. The highest BCUT2D eigenvalue weighted by Crippen LogP contribution is 2.14. The van der Waals surface area contributed by atoms with Gasteiger partial charge in [-0.1, -0.05) is 12.1 Å². The third kappa shape index (κ3) is 5.55. The van der Waals surface area contributed by atoms with Crippen molar-refractivity contribution >= 4 is 11.8 Å². The third-order valence-electron chi connectivity index (χ3n) is 6.05. The molecule has 0 bridgehead atoms. The fraction of sp³-hybridized carbons (Fsp3) is 0.591. The van der Waals surface area contributed by atoms with E-state index in [2.05, 4.69) is 15.9 Å². The van der Waals surface area contributed by atoms with Gasteiger partial charge >= 0.3 is 0 Å². The van der Waals surface area contributed by atoms with Crippen LogP contribution < -0.4 is 0 Å². The van der Waals surface area contributed by atoms with Crippen LogP contribution in [0.15, 0.2) is 24.3 Å². The first-order valence-electron chi connectivity index (χ1n) is 10.5. The molecule has 2 fully saturated rings. The zero-order valence-electron chi connectivity index (χ0n) is 17.5. The van der Waals surface area contributed by atoms with E-state index in [9.17, 15) is 9.59 Å². The predicted octanol–water partition coefficient (Wildman–Crippen LogP) is 1.15. The molecule has 0 aromatic heterocycles. The van der Waals surface area contributed by atoms with E-state index in [1.807, 2.05) is 36.1 Å². The Morgan fingerprint density at radius 3 is 2.24 bits per heavy atom. The fourth-order valence-electron chi connectivity index (χ4n) is 4.14. The van der Waals surface area contributed by atoms with Crippen LogP contribution in [0.2, 0.25) is 0 Å². The van der Waals surface area contributed by atoms with Gasteiger partial charge in [0.2, 0.25) is 11.8 Å². The lowest BCUT2D eigenvalue weighted by atomic mass is 10.1. The van der Waals surface area contributed by atoms with Crippen molar-refractivity contribution in [1.29, 1.82) is 5.26 Å². The molecule has 2 amide bonds. The van der Waals surface area contributed by atoms with Crippen molar-refractivity contribution < 1.29 is 9.59 Å². The van der Waals surface area contributed by atoms with E-state index in [4.69, 9.17) is 5.26 Å². The molecule has 0 radical (unpaired) electrons. The molecule has 1 unspecified atom stereocenters. The quantitative estimate of drug-likeness (QED) is 0.762. The normalized spacial score (nSPS) is 20.0. The van der Waals surface area contributed by atoms with Gasteiger partial charge in [-0.2, -0.15) is 5.26 Å². The lowest BCUT2D eigenvalue weighted by molar-refractivity contribution is -0.141. The molecule has 2 aliphatic heterocycles. The number of carbonyl (C=O) groups excluding carboxylic acids is 2. The van der Waals surface area contributed by atoms with E-state index < -0.39 is 0 Å². The minimum absolute atomic E-state index is 0.0834. The average Bonchev–Trinajstić information content (AvgIpc) is 2.99. The molecule has 1 atom stereocenters. The summed E-state index contributed by atoms with van der Waals surface area (Å²) in [6.07, 6.45) is 1.03. The van der Waals surface area contributed by atoms with E-state index in [0.29, 0.717) is 31.7 Å². The fourth-order valence-corrected chi connectivity index (χ4v) is 4.14. The minimum Gasteiger partial charge on any atom is -0.339 e. The van der Waals surface area contributed by atoms with Crippen LogP contribution in [0.1, 0.15) is 31.4 Å². The summed E-state index contributed by atoms with van der Waals surface area (Å²) in [6, 6.07) is 9.80. The summed E-state index contributed by atoms with van der Waals surface area (Å²) in [5.41, 5.74) is 1.90. The van der Waals surface area contributed by atoms with Gasteiger partial charge in [-0.05, 0) is 37.6 Å². The SMILES string of the molecule is CC(=O)N1CCN(C(=O)C(C)N2CCCN(Cc3ccc(C#N)cc3)CC2)CC1. The van der Waals surface area contributed by atoms with Crippen molar-refractivity contribution in [2.45, 2.75) is 32.9 Å². The molecule has 7 nitrogen and oxygen atoms in total. The highest BCUT2D eigenvalue weighted by molar-refractivity contribution is 5.82. The van der Waals surface area contributed by atoms with Crippen LogP contribution >= 0.6 is 0 Å². The Morgan fingerprint density at radius 1 is 0.966 bits per heavy atom. The zero-order chi connectivity index (χ0) is 20.8. The molecule has 0 N–H and O–H groups in total. The highest BCUT2D eigenvalue weighted by atomic mass is 16.2. The Morgan fingerprint density at radius 2 is 1.62 bits per heavy atom. The molecule has 1 aromatic carbocycles. The van der Waals surface area contributed by atoms with Crippen LogP contribution in [0.4, 0.5) is 0 Å². The second-order valence-corrected chi connectivity index (χ2v) is 7.98. The Labute approximate surface area is 173 Å². The lowest BCUT2D eigenvalue weighted by Gasteiger charge is -2.37. The number of carbonyl (C=O) groups is 2. The second-order valence-electron chi connectivity index (χ2n) is 7.98. The molecule has 1 aromatic rings. The number of benzene rings is 1. The van der Waals surface area contributed by atoms with Gasteiger partial charge in [0, 0.05) is 59.3 Å². The molecule has 156 valence electrons. The van der Waals surface area contributed by atoms with Gasteiger partial charge in [-0.15, -0.1) is 0 Å². The first kappa shape index (κ1) is 21.3. The number of nitriles is 1. The zero-order valence-corrected chi connectivity index (χ0v) is 17.5. The molecule has 0 spiro atoms. The van der Waals surface area contributed by atoms with E-state index in [0.717, 1.165) is 39.1 Å². The van der Waals surface area contributed by atoms with E-state index >= 15 is 0 Å². The van der Waals surface area contributed by atoms with Crippen molar-refractivity contribution in [3.8, 4) is 6.07 Å². The first-order chi connectivity index (χ1) is 14.0. The summed E-state index contributed by atoms with van der Waals surface area (Å²) in [5.74, 6) is 0.258. The molecule has 2 saturated heterocycles. The predicted molar refractivity (Wildman–Crippen MR) is 111 cm³/mol. The van der Waals surface area contributed by atoms with E-state index in [1.54, 1.807) is 11.8 Å². The molecular weight excluding hydrogens is 366 g/mol. The second kappa shape index (κ2) is 9.86. The molecule has 7 heteroatoms. The molecule has 2 heterocycles. The van der Waals surface area contributed by atoms with E-state index in [-0.39, 0.29) is 17.9 Å². The standard InChI is InChI=1S/C22H31N5O2/c1-18(22(29)27-14-12-26(13-15-27)19(2)28)25-9-3-8-24(10-11-25)17-21-6-4-20(16-23)5-7-21/h4-7,18H,3,8-15,17H2,1-2H3. The summed E-state index contributed by atoms with van der Waals surface area (Å²) in [4.78, 5) is 32.9.